The summed E-state index contributed by atoms with van der Waals surface area (Å²) in [5.41, 5.74) is 1.03. The molecule has 0 radical (unpaired) electrons. The summed E-state index contributed by atoms with van der Waals surface area (Å²) in [7, 11) is 0. The van der Waals surface area contributed by atoms with Gasteiger partial charge in [-0.3, -0.25) is 9.59 Å². The van der Waals surface area contributed by atoms with E-state index >= 15 is 0 Å². The fourth-order valence-electron chi connectivity index (χ4n) is 3.04. The average Bonchev–Trinajstić information content (AvgIpc) is 2.54. The Hall–Kier alpha value is -1.88. The molecule has 0 spiro atoms. The van der Waals surface area contributed by atoms with E-state index in [1.807, 2.05) is 44.2 Å². The first-order chi connectivity index (χ1) is 11.0. The molecule has 1 fully saturated rings. The Morgan fingerprint density at radius 1 is 1.35 bits per heavy atom. The minimum atomic E-state index is -0.291. The van der Waals surface area contributed by atoms with Gasteiger partial charge in [-0.15, -0.1) is 0 Å². The lowest BCUT2D eigenvalue weighted by atomic mass is 9.93. The first kappa shape index (κ1) is 17.5. The zero-order chi connectivity index (χ0) is 16.8. The fourth-order valence-corrected chi connectivity index (χ4v) is 3.04. The van der Waals surface area contributed by atoms with Crippen LogP contribution in [0.25, 0.3) is 0 Å². The molecule has 0 aliphatic carbocycles. The zero-order valence-electron chi connectivity index (χ0n) is 13.9. The van der Waals surface area contributed by atoms with Crippen LogP contribution in [0.3, 0.4) is 0 Å². The van der Waals surface area contributed by atoms with Crippen LogP contribution in [0.15, 0.2) is 30.3 Å². The molecular weight excluding hydrogens is 292 g/mol. The Kier molecular flexibility index (Phi) is 6.16. The van der Waals surface area contributed by atoms with Gasteiger partial charge in [-0.1, -0.05) is 44.2 Å². The van der Waals surface area contributed by atoms with Gasteiger partial charge in [0.1, 0.15) is 0 Å². The number of hydrogen-bond donors (Lipinski definition) is 2. The number of carbonyl (C=O) groups is 2. The van der Waals surface area contributed by atoms with Gasteiger partial charge in [-0.05, 0) is 17.9 Å². The van der Waals surface area contributed by atoms with Crippen LogP contribution in [-0.4, -0.2) is 41.0 Å². The van der Waals surface area contributed by atoms with Crippen molar-refractivity contribution in [1.82, 2.24) is 10.2 Å². The third-order valence-corrected chi connectivity index (χ3v) is 4.43. The predicted octanol–water partition coefficient (Wildman–Crippen LogP) is 1.56. The summed E-state index contributed by atoms with van der Waals surface area (Å²) in [5, 5.41) is 12.5. The van der Waals surface area contributed by atoms with Gasteiger partial charge in [0, 0.05) is 25.4 Å². The Morgan fingerprint density at radius 3 is 2.61 bits per heavy atom. The fraction of sp³-hybridized carbons (Fsp3) is 0.556. The molecule has 0 unspecified atom stereocenters. The lowest BCUT2D eigenvalue weighted by Crippen LogP contribution is -2.49. The van der Waals surface area contributed by atoms with E-state index < -0.39 is 0 Å². The van der Waals surface area contributed by atoms with Gasteiger partial charge in [-0.2, -0.15) is 0 Å². The van der Waals surface area contributed by atoms with Crippen LogP contribution < -0.4 is 5.32 Å². The summed E-state index contributed by atoms with van der Waals surface area (Å²) < 4.78 is 0. The van der Waals surface area contributed by atoms with Crippen LogP contribution in [0.4, 0.5) is 0 Å². The van der Waals surface area contributed by atoms with Crippen molar-refractivity contribution in [2.24, 2.45) is 11.8 Å². The van der Waals surface area contributed by atoms with E-state index in [9.17, 15) is 14.7 Å². The molecular formula is C18H26N2O3. The molecule has 2 atom stereocenters. The predicted molar refractivity (Wildman–Crippen MR) is 88.4 cm³/mol. The Morgan fingerprint density at radius 2 is 2.04 bits per heavy atom. The summed E-state index contributed by atoms with van der Waals surface area (Å²) in [6.07, 6.45) is 0.895. The standard InChI is InChI=1S/C18H26N2O3/c1-13(2)16(12-21)20(11-14-6-4-3-5-7-14)18(23)15-8-9-19-17(22)10-15/h3-7,13,15-16,21H,8-12H2,1-2H3,(H,19,22)/t15-,16-/m0/s1. The normalized spacial score (nSPS) is 19.3. The van der Waals surface area contributed by atoms with Crippen LogP contribution in [0, 0.1) is 11.8 Å². The van der Waals surface area contributed by atoms with Gasteiger partial charge >= 0.3 is 0 Å². The van der Waals surface area contributed by atoms with Gasteiger partial charge in [0.05, 0.1) is 12.6 Å². The maximum absolute atomic E-state index is 13.0. The number of hydrogen-bond acceptors (Lipinski definition) is 3. The largest absolute Gasteiger partial charge is 0.394 e. The molecule has 0 aromatic heterocycles. The molecule has 2 amide bonds. The molecule has 1 saturated heterocycles. The van der Waals surface area contributed by atoms with Gasteiger partial charge in [0.25, 0.3) is 0 Å². The van der Waals surface area contributed by atoms with Crippen molar-refractivity contribution in [2.75, 3.05) is 13.2 Å². The van der Waals surface area contributed by atoms with Crippen LogP contribution >= 0.6 is 0 Å². The molecule has 1 aliphatic heterocycles. The van der Waals surface area contributed by atoms with Gasteiger partial charge in [0.2, 0.25) is 11.8 Å². The monoisotopic (exact) mass is 318 g/mol. The van der Waals surface area contributed by atoms with Gasteiger partial charge in [-0.25, -0.2) is 0 Å². The Balaban J connectivity index is 2.21. The number of nitrogens with one attached hydrogen (secondary N) is 1. The highest BCUT2D eigenvalue weighted by Crippen LogP contribution is 2.22. The van der Waals surface area contributed by atoms with Crippen molar-refractivity contribution in [3.8, 4) is 0 Å². The SMILES string of the molecule is CC(C)[C@H](CO)N(Cc1ccccc1)C(=O)[C@H]1CCNC(=O)C1. The molecule has 0 saturated carbocycles. The highest BCUT2D eigenvalue weighted by molar-refractivity contribution is 5.87. The number of amides is 2. The summed E-state index contributed by atoms with van der Waals surface area (Å²) >= 11 is 0. The van der Waals surface area contributed by atoms with Crippen molar-refractivity contribution in [1.29, 1.82) is 0 Å². The van der Waals surface area contributed by atoms with Crippen LogP contribution in [0.2, 0.25) is 0 Å². The molecule has 0 bridgehead atoms. The first-order valence-electron chi connectivity index (χ1n) is 8.25. The molecule has 5 heteroatoms. The van der Waals surface area contributed by atoms with Crippen molar-refractivity contribution >= 4 is 11.8 Å². The Labute approximate surface area is 137 Å². The molecule has 1 heterocycles. The number of aliphatic hydroxyl groups is 1. The molecule has 2 N–H and O–H groups in total. The maximum Gasteiger partial charge on any atom is 0.226 e. The highest BCUT2D eigenvalue weighted by Gasteiger charge is 2.33. The molecule has 1 aliphatic rings. The van der Waals surface area contributed by atoms with E-state index in [0.717, 1.165) is 5.56 Å². The van der Waals surface area contributed by atoms with Crippen LogP contribution in [0.1, 0.15) is 32.3 Å². The summed E-state index contributed by atoms with van der Waals surface area (Å²) in [6.45, 7) is 4.93. The van der Waals surface area contributed by atoms with E-state index in [-0.39, 0.29) is 42.7 Å². The second-order valence-electron chi connectivity index (χ2n) is 6.49. The van der Waals surface area contributed by atoms with E-state index in [4.69, 9.17) is 0 Å². The van der Waals surface area contributed by atoms with E-state index in [1.54, 1.807) is 4.90 Å². The minimum absolute atomic E-state index is 0.0311. The minimum Gasteiger partial charge on any atom is -0.394 e. The molecule has 5 nitrogen and oxygen atoms in total. The van der Waals surface area contributed by atoms with E-state index in [0.29, 0.717) is 19.5 Å². The maximum atomic E-state index is 13.0. The summed E-state index contributed by atoms with van der Waals surface area (Å²) in [4.78, 5) is 26.3. The third kappa shape index (κ3) is 4.55. The number of aliphatic hydroxyl groups excluding tert-OH is 1. The topological polar surface area (TPSA) is 69.6 Å². The number of carbonyl (C=O) groups excluding carboxylic acids is 2. The lowest BCUT2D eigenvalue weighted by Gasteiger charge is -2.36. The Bertz CT molecular complexity index is 530. The number of rotatable bonds is 6. The van der Waals surface area contributed by atoms with E-state index in [1.165, 1.54) is 0 Å². The quantitative estimate of drug-likeness (QED) is 0.836. The smallest absolute Gasteiger partial charge is 0.226 e. The number of benzene rings is 1. The number of nitrogens with zero attached hydrogens (tertiary/aromatic N) is 1. The number of piperidine rings is 1. The molecule has 2 rings (SSSR count). The van der Waals surface area contributed by atoms with Crippen molar-refractivity contribution in [3.05, 3.63) is 35.9 Å². The second kappa shape index (κ2) is 8.11. The second-order valence-corrected chi connectivity index (χ2v) is 6.49. The van der Waals surface area contributed by atoms with Gasteiger partial charge in [0.15, 0.2) is 0 Å². The van der Waals surface area contributed by atoms with Crippen LogP contribution in [-0.2, 0) is 16.1 Å². The van der Waals surface area contributed by atoms with Crippen molar-refractivity contribution in [3.63, 3.8) is 0 Å². The van der Waals surface area contributed by atoms with Crippen LogP contribution in [0.5, 0.6) is 0 Å². The molecule has 1 aromatic rings. The van der Waals surface area contributed by atoms with E-state index in [2.05, 4.69) is 5.32 Å². The third-order valence-electron chi connectivity index (χ3n) is 4.43. The first-order valence-corrected chi connectivity index (χ1v) is 8.25. The highest BCUT2D eigenvalue weighted by atomic mass is 16.3. The average molecular weight is 318 g/mol. The summed E-state index contributed by atoms with van der Waals surface area (Å²) in [6, 6.07) is 9.52. The molecule has 1 aromatic carbocycles. The molecule has 23 heavy (non-hydrogen) atoms. The van der Waals surface area contributed by atoms with Crippen molar-refractivity contribution < 1.29 is 14.7 Å². The lowest BCUT2D eigenvalue weighted by molar-refractivity contribution is -0.144. The molecule has 126 valence electrons. The van der Waals surface area contributed by atoms with Gasteiger partial charge < -0.3 is 15.3 Å². The zero-order valence-corrected chi connectivity index (χ0v) is 13.9. The van der Waals surface area contributed by atoms with Crippen molar-refractivity contribution in [2.45, 2.75) is 39.3 Å². The summed E-state index contributed by atoms with van der Waals surface area (Å²) in [5.74, 6) is -0.249.